The minimum atomic E-state index is 0.0634. The average molecular weight is 249 g/mol. The molecule has 0 radical (unpaired) electrons. The summed E-state index contributed by atoms with van der Waals surface area (Å²) >= 11 is 0. The maximum absolute atomic E-state index is 12.4. The number of anilines is 1. The van der Waals surface area contributed by atoms with E-state index in [4.69, 9.17) is 5.73 Å². The summed E-state index contributed by atoms with van der Waals surface area (Å²) in [6, 6.07) is 2.27. The number of carbonyl (C=O) groups excluding carboxylic acids is 1. The van der Waals surface area contributed by atoms with Crippen LogP contribution in [-0.4, -0.2) is 29.0 Å². The normalized spacial score (nSPS) is 15.8. The minimum absolute atomic E-state index is 0.0634. The maximum atomic E-state index is 12.4. The fourth-order valence-corrected chi connectivity index (χ4v) is 2.31. The zero-order valence-electron chi connectivity index (χ0n) is 11.7. The first-order chi connectivity index (χ1) is 8.28. The van der Waals surface area contributed by atoms with E-state index in [0.29, 0.717) is 11.7 Å². The molecule has 0 aliphatic heterocycles. The molecule has 0 bridgehead atoms. The van der Waals surface area contributed by atoms with Crippen molar-refractivity contribution in [3.8, 4) is 0 Å². The molecule has 2 N–H and O–H groups in total. The number of carbonyl (C=O) groups is 1. The summed E-state index contributed by atoms with van der Waals surface area (Å²) in [5.41, 5.74) is 7.32. The summed E-state index contributed by atoms with van der Waals surface area (Å²) in [7, 11) is 1.86. The molecule has 0 atom stereocenters. The van der Waals surface area contributed by atoms with E-state index in [-0.39, 0.29) is 11.3 Å². The lowest BCUT2D eigenvalue weighted by Gasteiger charge is -2.27. The van der Waals surface area contributed by atoms with Crippen molar-refractivity contribution in [2.75, 3.05) is 19.3 Å². The third-order valence-electron chi connectivity index (χ3n) is 3.09. The van der Waals surface area contributed by atoms with Gasteiger partial charge in [0.2, 0.25) is 0 Å². The van der Waals surface area contributed by atoms with Crippen LogP contribution in [0.4, 0.5) is 5.69 Å². The number of nitrogen functional groups attached to an aromatic ring is 1. The van der Waals surface area contributed by atoms with Crippen molar-refractivity contribution in [3.05, 3.63) is 18.0 Å². The highest BCUT2D eigenvalue weighted by molar-refractivity contribution is 5.93. The van der Waals surface area contributed by atoms with Crippen LogP contribution in [-0.2, 0) is 0 Å². The lowest BCUT2D eigenvalue weighted by molar-refractivity contribution is 0.0734. The van der Waals surface area contributed by atoms with Crippen molar-refractivity contribution >= 4 is 11.6 Å². The van der Waals surface area contributed by atoms with Gasteiger partial charge in [-0.1, -0.05) is 20.8 Å². The van der Waals surface area contributed by atoms with E-state index in [1.165, 1.54) is 0 Å². The Labute approximate surface area is 109 Å². The number of aromatic nitrogens is 1. The topological polar surface area (TPSA) is 51.3 Å². The van der Waals surface area contributed by atoms with Gasteiger partial charge in [0.1, 0.15) is 5.69 Å². The standard InChI is InChI=1S/C14H23N3O/c1-14(2,3)9-16(4)13(18)12-7-10(15)8-17(12)11-5-6-11/h7-8,11H,5-6,9,15H2,1-4H3. The Bertz CT molecular complexity index is 452. The smallest absolute Gasteiger partial charge is 0.270 e. The van der Waals surface area contributed by atoms with Crippen LogP contribution in [0.5, 0.6) is 0 Å². The molecule has 1 heterocycles. The molecule has 1 amide bonds. The molecular formula is C14H23N3O. The van der Waals surface area contributed by atoms with E-state index in [0.717, 1.165) is 25.1 Å². The summed E-state index contributed by atoms with van der Waals surface area (Å²) in [5, 5.41) is 0. The fourth-order valence-electron chi connectivity index (χ4n) is 2.31. The maximum Gasteiger partial charge on any atom is 0.270 e. The van der Waals surface area contributed by atoms with E-state index >= 15 is 0 Å². The van der Waals surface area contributed by atoms with Gasteiger partial charge in [0.05, 0.1) is 5.69 Å². The van der Waals surface area contributed by atoms with E-state index in [9.17, 15) is 4.79 Å². The Hall–Kier alpha value is -1.45. The van der Waals surface area contributed by atoms with Gasteiger partial charge in [-0.05, 0) is 24.3 Å². The first-order valence-corrected chi connectivity index (χ1v) is 6.51. The summed E-state index contributed by atoms with van der Waals surface area (Å²) in [5.74, 6) is 0.0634. The van der Waals surface area contributed by atoms with Crippen LogP contribution in [0.1, 0.15) is 50.1 Å². The SMILES string of the molecule is CN(CC(C)(C)C)C(=O)c1cc(N)cn1C1CC1. The molecule has 100 valence electrons. The first-order valence-electron chi connectivity index (χ1n) is 6.51. The lowest BCUT2D eigenvalue weighted by Crippen LogP contribution is -2.35. The largest absolute Gasteiger partial charge is 0.397 e. The van der Waals surface area contributed by atoms with Crippen LogP contribution in [0, 0.1) is 5.41 Å². The molecule has 4 heteroatoms. The molecule has 0 saturated heterocycles. The number of amides is 1. The van der Waals surface area contributed by atoms with Gasteiger partial charge in [0, 0.05) is 25.8 Å². The molecule has 0 spiro atoms. The number of rotatable bonds is 3. The second-order valence-electron chi connectivity index (χ2n) is 6.52. The summed E-state index contributed by atoms with van der Waals surface area (Å²) in [6.45, 7) is 7.13. The highest BCUT2D eigenvalue weighted by atomic mass is 16.2. The number of hydrogen-bond acceptors (Lipinski definition) is 2. The van der Waals surface area contributed by atoms with E-state index in [2.05, 4.69) is 20.8 Å². The molecule has 1 saturated carbocycles. The molecule has 0 aromatic carbocycles. The Morgan fingerprint density at radius 1 is 1.50 bits per heavy atom. The zero-order valence-corrected chi connectivity index (χ0v) is 11.7. The highest BCUT2D eigenvalue weighted by Crippen LogP contribution is 2.37. The van der Waals surface area contributed by atoms with Gasteiger partial charge in [0.15, 0.2) is 0 Å². The van der Waals surface area contributed by atoms with Gasteiger partial charge >= 0.3 is 0 Å². The van der Waals surface area contributed by atoms with E-state index in [1.54, 1.807) is 11.0 Å². The number of hydrogen-bond donors (Lipinski definition) is 1. The first kappa shape index (κ1) is 13.0. The van der Waals surface area contributed by atoms with Crippen molar-refractivity contribution in [2.45, 2.75) is 39.7 Å². The fraction of sp³-hybridized carbons (Fsp3) is 0.643. The summed E-state index contributed by atoms with van der Waals surface area (Å²) < 4.78 is 2.04. The van der Waals surface area contributed by atoms with Gasteiger partial charge < -0.3 is 15.2 Å². The van der Waals surface area contributed by atoms with Crippen LogP contribution < -0.4 is 5.73 Å². The van der Waals surface area contributed by atoms with Crippen molar-refractivity contribution in [1.82, 2.24) is 9.47 Å². The zero-order chi connectivity index (χ0) is 13.5. The third-order valence-corrected chi connectivity index (χ3v) is 3.09. The number of nitrogens with zero attached hydrogens (tertiary/aromatic N) is 2. The van der Waals surface area contributed by atoms with Crippen molar-refractivity contribution < 1.29 is 4.79 Å². The van der Waals surface area contributed by atoms with Crippen molar-refractivity contribution in [2.24, 2.45) is 5.41 Å². The van der Waals surface area contributed by atoms with Crippen LogP contribution in [0.15, 0.2) is 12.3 Å². The minimum Gasteiger partial charge on any atom is -0.397 e. The van der Waals surface area contributed by atoms with Crippen molar-refractivity contribution in [1.29, 1.82) is 0 Å². The predicted octanol–water partition coefficient (Wildman–Crippen LogP) is 2.52. The Kier molecular flexibility index (Phi) is 3.13. The molecule has 2 rings (SSSR count). The Morgan fingerprint density at radius 3 is 2.61 bits per heavy atom. The number of nitrogens with two attached hydrogens (primary N) is 1. The van der Waals surface area contributed by atoms with Crippen LogP contribution in [0.3, 0.4) is 0 Å². The van der Waals surface area contributed by atoms with Gasteiger partial charge in [-0.15, -0.1) is 0 Å². The van der Waals surface area contributed by atoms with Gasteiger partial charge in [-0.3, -0.25) is 4.79 Å². The summed E-state index contributed by atoms with van der Waals surface area (Å²) in [4.78, 5) is 14.2. The van der Waals surface area contributed by atoms with Gasteiger partial charge in [0.25, 0.3) is 5.91 Å². The van der Waals surface area contributed by atoms with Crippen LogP contribution in [0.2, 0.25) is 0 Å². The monoisotopic (exact) mass is 249 g/mol. The molecule has 0 unspecified atom stereocenters. The molecule has 1 fully saturated rings. The molecule has 18 heavy (non-hydrogen) atoms. The Morgan fingerprint density at radius 2 is 2.11 bits per heavy atom. The van der Waals surface area contributed by atoms with Crippen LogP contribution in [0.25, 0.3) is 0 Å². The van der Waals surface area contributed by atoms with Crippen LogP contribution >= 0.6 is 0 Å². The molecule has 1 aromatic rings. The molecule has 1 aliphatic rings. The summed E-state index contributed by atoms with van der Waals surface area (Å²) in [6.07, 6.45) is 4.19. The highest BCUT2D eigenvalue weighted by Gasteiger charge is 2.29. The second kappa shape index (κ2) is 4.34. The quantitative estimate of drug-likeness (QED) is 0.895. The predicted molar refractivity (Wildman–Crippen MR) is 73.5 cm³/mol. The molecular weight excluding hydrogens is 226 g/mol. The van der Waals surface area contributed by atoms with E-state index in [1.807, 2.05) is 17.8 Å². The third kappa shape index (κ3) is 2.86. The molecule has 4 nitrogen and oxygen atoms in total. The van der Waals surface area contributed by atoms with Crippen molar-refractivity contribution in [3.63, 3.8) is 0 Å². The molecule has 1 aliphatic carbocycles. The van der Waals surface area contributed by atoms with E-state index < -0.39 is 0 Å². The second-order valence-corrected chi connectivity index (χ2v) is 6.52. The lowest BCUT2D eigenvalue weighted by atomic mass is 9.96. The average Bonchev–Trinajstić information content (AvgIpc) is 2.98. The van der Waals surface area contributed by atoms with Gasteiger partial charge in [-0.25, -0.2) is 0 Å². The Balaban J connectivity index is 2.17. The molecule has 1 aromatic heterocycles. The van der Waals surface area contributed by atoms with Gasteiger partial charge in [-0.2, -0.15) is 0 Å².